The number of likely N-dealkylation sites (tertiary alicyclic amines) is 1. The molecule has 1 aliphatic carbocycles. The van der Waals surface area contributed by atoms with Crippen molar-refractivity contribution in [3.8, 4) is 0 Å². The minimum absolute atomic E-state index is 0.779. The molecule has 0 bridgehead atoms. The monoisotopic (exact) mass is 176 g/mol. The molecule has 2 rings (SSSR count). The zero-order valence-electron chi connectivity index (χ0n) is 8.59. The first-order valence-electron chi connectivity index (χ1n) is 5.13. The first kappa shape index (κ1) is 8.80. The molecule has 0 saturated carbocycles. The van der Waals surface area contributed by atoms with Gasteiger partial charge in [0, 0.05) is 18.8 Å². The first-order valence-corrected chi connectivity index (χ1v) is 5.13. The van der Waals surface area contributed by atoms with Gasteiger partial charge in [0.25, 0.3) is 0 Å². The lowest BCUT2D eigenvalue weighted by Gasteiger charge is -2.37. The Balaban J connectivity index is 1.99. The molecule has 13 heavy (non-hydrogen) atoms. The van der Waals surface area contributed by atoms with Crippen LogP contribution in [-0.2, 0) is 0 Å². The second kappa shape index (κ2) is 3.17. The van der Waals surface area contributed by atoms with Crippen molar-refractivity contribution in [3.05, 3.63) is 29.5 Å². The van der Waals surface area contributed by atoms with Crippen LogP contribution in [0.2, 0.25) is 0 Å². The van der Waals surface area contributed by atoms with Crippen LogP contribution in [0, 0.1) is 5.92 Å². The summed E-state index contributed by atoms with van der Waals surface area (Å²) >= 11 is 0. The summed E-state index contributed by atoms with van der Waals surface area (Å²) in [6.45, 7) is 2.62. The third-order valence-corrected chi connectivity index (χ3v) is 3.23. The van der Waals surface area contributed by atoms with E-state index in [1.54, 1.807) is 0 Å². The smallest absolute Gasteiger partial charge is 0.0788 e. The largest absolute Gasteiger partial charge is 0.328 e. The highest BCUT2D eigenvalue weighted by Gasteiger charge is 2.27. The molecular weight excluding hydrogens is 158 g/mol. The highest BCUT2D eigenvalue weighted by atomic mass is 15.3. The number of piperidine rings is 1. The van der Waals surface area contributed by atoms with Gasteiger partial charge >= 0.3 is 0 Å². The Morgan fingerprint density at radius 3 is 2.54 bits per heavy atom. The van der Waals surface area contributed by atoms with Gasteiger partial charge in [-0.1, -0.05) is 12.2 Å². The van der Waals surface area contributed by atoms with Gasteiger partial charge in [0.1, 0.15) is 0 Å². The summed E-state index contributed by atoms with van der Waals surface area (Å²) in [6.07, 6.45) is 9.00. The lowest BCUT2D eigenvalue weighted by molar-refractivity contribution is -0.896. The molecule has 0 unspecified atom stereocenters. The molecule has 0 aromatic rings. The zero-order chi connectivity index (χ0) is 9.31. The molecule has 1 aliphatic heterocycles. The van der Waals surface area contributed by atoms with Crippen LogP contribution in [0.25, 0.3) is 0 Å². The van der Waals surface area contributed by atoms with Gasteiger partial charge in [0.05, 0.1) is 27.2 Å². The molecule has 0 aromatic heterocycles. The fourth-order valence-electron chi connectivity index (χ4n) is 2.18. The third-order valence-electron chi connectivity index (χ3n) is 3.23. The van der Waals surface area contributed by atoms with Gasteiger partial charge in [0.15, 0.2) is 0 Å². The number of nitrogens with zero attached hydrogens (tertiary/aromatic N) is 1. The van der Waals surface area contributed by atoms with Crippen LogP contribution in [0.5, 0.6) is 0 Å². The molecule has 0 aromatic carbocycles. The van der Waals surface area contributed by atoms with Crippen molar-refractivity contribution in [2.45, 2.75) is 12.8 Å². The number of allylic oxidation sites excluding steroid dienone is 3. The summed E-state index contributed by atoms with van der Waals surface area (Å²) in [7, 11) is 4.65. The Kier molecular flexibility index (Phi) is 2.15. The highest BCUT2D eigenvalue weighted by Crippen LogP contribution is 2.27. The summed E-state index contributed by atoms with van der Waals surface area (Å²) in [6, 6.07) is 0. The maximum atomic E-state index is 3.33. The van der Waals surface area contributed by atoms with Crippen molar-refractivity contribution in [3.63, 3.8) is 0 Å². The molecule has 70 valence electrons. The van der Waals surface area contributed by atoms with Crippen LogP contribution in [-0.4, -0.2) is 31.7 Å². The molecule has 1 saturated heterocycles. The van der Waals surface area contributed by atoms with E-state index >= 15 is 0 Å². The van der Waals surface area contributed by atoms with Crippen molar-refractivity contribution in [2.75, 3.05) is 27.2 Å². The van der Waals surface area contributed by atoms with E-state index in [1.807, 2.05) is 6.08 Å². The van der Waals surface area contributed by atoms with Gasteiger partial charge < -0.3 is 4.48 Å². The summed E-state index contributed by atoms with van der Waals surface area (Å²) in [4.78, 5) is 0. The van der Waals surface area contributed by atoms with E-state index in [-0.39, 0.29) is 0 Å². The molecule has 1 fully saturated rings. The summed E-state index contributed by atoms with van der Waals surface area (Å²) < 4.78 is 1.19. The van der Waals surface area contributed by atoms with Gasteiger partial charge in [0.2, 0.25) is 0 Å². The van der Waals surface area contributed by atoms with Gasteiger partial charge in [-0.05, 0) is 11.6 Å². The van der Waals surface area contributed by atoms with Gasteiger partial charge in [-0.15, -0.1) is 5.73 Å². The second-order valence-electron chi connectivity index (χ2n) is 4.78. The lowest BCUT2D eigenvalue weighted by Crippen LogP contribution is -2.46. The van der Waals surface area contributed by atoms with Crippen molar-refractivity contribution in [2.24, 2.45) is 5.92 Å². The van der Waals surface area contributed by atoms with Gasteiger partial charge in [-0.2, -0.15) is 0 Å². The lowest BCUT2D eigenvalue weighted by atomic mass is 9.89. The Morgan fingerprint density at radius 1 is 1.31 bits per heavy atom. The van der Waals surface area contributed by atoms with E-state index in [9.17, 15) is 0 Å². The minimum atomic E-state index is 0.779. The molecule has 0 radical (unpaired) electrons. The SMILES string of the molecule is C[N+]1(C)CCC(C2=C=CC=C2)CC1. The third kappa shape index (κ3) is 1.93. The maximum absolute atomic E-state index is 3.33. The Morgan fingerprint density at radius 2 is 2.00 bits per heavy atom. The second-order valence-corrected chi connectivity index (χ2v) is 4.78. The van der Waals surface area contributed by atoms with Crippen molar-refractivity contribution in [1.82, 2.24) is 0 Å². The maximum Gasteiger partial charge on any atom is 0.0788 e. The average molecular weight is 176 g/mol. The molecule has 1 heterocycles. The fourth-order valence-corrected chi connectivity index (χ4v) is 2.18. The zero-order valence-corrected chi connectivity index (χ0v) is 8.59. The van der Waals surface area contributed by atoms with Crippen LogP contribution in [0.15, 0.2) is 29.5 Å². The molecule has 0 amide bonds. The van der Waals surface area contributed by atoms with Crippen molar-refractivity contribution < 1.29 is 4.48 Å². The Bertz CT molecular complexity index is 280. The predicted molar refractivity (Wildman–Crippen MR) is 55.3 cm³/mol. The summed E-state index contributed by atoms with van der Waals surface area (Å²) in [5.74, 6) is 0.779. The summed E-state index contributed by atoms with van der Waals surface area (Å²) in [5, 5.41) is 0. The van der Waals surface area contributed by atoms with E-state index in [1.165, 1.54) is 36.0 Å². The summed E-state index contributed by atoms with van der Waals surface area (Å²) in [5.41, 5.74) is 4.76. The fraction of sp³-hybridized carbons (Fsp3) is 0.583. The highest BCUT2D eigenvalue weighted by molar-refractivity contribution is 5.31. The van der Waals surface area contributed by atoms with E-state index in [0.717, 1.165) is 5.92 Å². The minimum Gasteiger partial charge on any atom is -0.328 e. The van der Waals surface area contributed by atoms with Crippen molar-refractivity contribution in [1.29, 1.82) is 0 Å². The normalized spacial score (nSPS) is 26.5. The molecule has 1 heteroatoms. The van der Waals surface area contributed by atoms with E-state index in [2.05, 4.69) is 32.0 Å². The quantitative estimate of drug-likeness (QED) is 0.424. The van der Waals surface area contributed by atoms with Crippen LogP contribution in [0.3, 0.4) is 0 Å². The standard InChI is InChI=1S/C12H18N/c1-13(2)9-7-12(8-10-13)11-5-3-4-6-11/h3-5,12H,7-10H2,1-2H3/q+1. The molecular formula is C12H18N+. The number of rotatable bonds is 1. The molecule has 2 aliphatic rings. The Labute approximate surface area is 80.6 Å². The average Bonchev–Trinajstić information content (AvgIpc) is 2.56. The molecule has 0 spiro atoms. The Hall–Kier alpha value is -0.780. The molecule has 0 N–H and O–H groups in total. The number of quaternary nitrogens is 1. The number of hydrogen-bond acceptors (Lipinski definition) is 0. The van der Waals surface area contributed by atoms with E-state index < -0.39 is 0 Å². The molecule has 1 nitrogen and oxygen atoms in total. The van der Waals surface area contributed by atoms with Crippen LogP contribution < -0.4 is 0 Å². The topological polar surface area (TPSA) is 0 Å². The van der Waals surface area contributed by atoms with Gasteiger partial charge in [-0.25, -0.2) is 0 Å². The van der Waals surface area contributed by atoms with Crippen LogP contribution >= 0.6 is 0 Å². The molecule has 0 atom stereocenters. The van der Waals surface area contributed by atoms with E-state index in [0.29, 0.717) is 0 Å². The van der Waals surface area contributed by atoms with Gasteiger partial charge in [-0.3, -0.25) is 0 Å². The number of hydrogen-bond donors (Lipinski definition) is 0. The van der Waals surface area contributed by atoms with E-state index in [4.69, 9.17) is 0 Å². The predicted octanol–water partition coefficient (Wildman–Crippen LogP) is 2.12. The van der Waals surface area contributed by atoms with Crippen molar-refractivity contribution >= 4 is 0 Å². The van der Waals surface area contributed by atoms with Crippen LogP contribution in [0.1, 0.15) is 12.8 Å². The van der Waals surface area contributed by atoms with Crippen LogP contribution in [0.4, 0.5) is 0 Å². The first-order chi connectivity index (χ1) is 6.17.